The summed E-state index contributed by atoms with van der Waals surface area (Å²) in [6.45, 7) is 5.43. The minimum Gasteiger partial charge on any atom is -0.311 e. The molecule has 3 heteroatoms. The van der Waals surface area contributed by atoms with E-state index >= 15 is 0 Å². The van der Waals surface area contributed by atoms with Crippen molar-refractivity contribution in [1.29, 1.82) is 0 Å². The molecular weight excluding hydrogens is 190 g/mol. The fourth-order valence-electron chi connectivity index (χ4n) is 1.68. The van der Waals surface area contributed by atoms with Crippen molar-refractivity contribution in [2.75, 3.05) is 11.9 Å². The second-order valence-electron chi connectivity index (χ2n) is 3.69. The van der Waals surface area contributed by atoms with Crippen molar-refractivity contribution >= 4 is 17.4 Å². The van der Waals surface area contributed by atoms with Gasteiger partial charge < -0.3 is 4.90 Å². The molecule has 15 heavy (non-hydrogen) atoms. The van der Waals surface area contributed by atoms with Crippen LogP contribution in [0.1, 0.15) is 15.9 Å². The summed E-state index contributed by atoms with van der Waals surface area (Å²) < 4.78 is 0. The van der Waals surface area contributed by atoms with Crippen molar-refractivity contribution in [3.05, 3.63) is 41.5 Å². The molecule has 0 fully saturated rings. The molecule has 0 N–H and O–H groups in total. The Morgan fingerprint density at radius 1 is 1.27 bits per heavy atom. The van der Waals surface area contributed by atoms with Gasteiger partial charge in [0.2, 0.25) is 0 Å². The van der Waals surface area contributed by atoms with Gasteiger partial charge in [0.25, 0.3) is 5.91 Å². The van der Waals surface area contributed by atoms with Crippen LogP contribution in [0.2, 0.25) is 0 Å². The lowest BCUT2D eigenvalue weighted by Crippen LogP contribution is -2.36. The maximum atomic E-state index is 11.7. The van der Waals surface area contributed by atoms with Crippen LogP contribution in [0, 0.1) is 6.92 Å². The number of fused-ring (bicyclic) bond motifs is 1. The molecule has 1 heterocycles. The van der Waals surface area contributed by atoms with Crippen molar-refractivity contribution in [3.63, 3.8) is 0 Å². The summed E-state index contributed by atoms with van der Waals surface area (Å²) in [4.78, 5) is 24.8. The standard InChI is InChI=1S/C12H11NO2/c1-7-4-5-9-10(6-7)13(3)12(15)8(2)11(9)14/h4-6H,2H2,1,3H3. The third kappa shape index (κ3) is 1.28. The van der Waals surface area contributed by atoms with E-state index < -0.39 is 0 Å². The summed E-state index contributed by atoms with van der Waals surface area (Å²) in [6, 6.07) is 5.42. The predicted molar refractivity (Wildman–Crippen MR) is 58.1 cm³/mol. The van der Waals surface area contributed by atoms with Gasteiger partial charge in [0.15, 0.2) is 5.78 Å². The van der Waals surface area contributed by atoms with Crippen LogP contribution >= 0.6 is 0 Å². The number of Topliss-reactive ketones (excluding diaryl/α,β-unsaturated/α-hetero) is 1. The Morgan fingerprint density at radius 2 is 1.93 bits per heavy atom. The number of nitrogens with zero attached hydrogens (tertiary/aromatic N) is 1. The number of rotatable bonds is 0. The molecule has 76 valence electrons. The number of likely N-dealkylation sites (N-methyl/N-ethyl adjacent to an activating group) is 1. The summed E-state index contributed by atoms with van der Waals surface area (Å²) in [7, 11) is 1.65. The first kappa shape index (κ1) is 9.65. The minimum atomic E-state index is -0.321. The smallest absolute Gasteiger partial charge is 0.261 e. The van der Waals surface area contributed by atoms with Gasteiger partial charge in [0.05, 0.1) is 11.3 Å². The molecule has 0 saturated carbocycles. The number of carbonyl (C=O) groups is 2. The molecular formula is C12H11NO2. The highest BCUT2D eigenvalue weighted by molar-refractivity contribution is 6.34. The maximum Gasteiger partial charge on any atom is 0.261 e. The number of amides is 1. The molecule has 2 rings (SSSR count). The first-order valence-corrected chi connectivity index (χ1v) is 4.64. The van der Waals surface area contributed by atoms with Gasteiger partial charge in [-0.05, 0) is 24.6 Å². The Bertz CT molecular complexity index is 488. The Kier molecular flexibility index (Phi) is 1.96. The van der Waals surface area contributed by atoms with Crippen LogP contribution in [0.4, 0.5) is 5.69 Å². The van der Waals surface area contributed by atoms with Crippen LogP contribution in [0.15, 0.2) is 30.4 Å². The molecule has 0 saturated heterocycles. The molecule has 0 aromatic heterocycles. The predicted octanol–water partition coefficient (Wildman–Crippen LogP) is 1.71. The minimum absolute atomic E-state index is 0.0360. The van der Waals surface area contributed by atoms with E-state index in [9.17, 15) is 9.59 Å². The average molecular weight is 201 g/mol. The highest BCUT2D eigenvalue weighted by atomic mass is 16.2. The monoisotopic (exact) mass is 201 g/mol. The quantitative estimate of drug-likeness (QED) is 0.473. The largest absolute Gasteiger partial charge is 0.311 e. The second-order valence-corrected chi connectivity index (χ2v) is 3.69. The number of ketones is 1. The number of benzene rings is 1. The molecule has 1 aromatic rings. The number of aryl methyl sites for hydroxylation is 1. The van der Waals surface area contributed by atoms with Crippen molar-refractivity contribution < 1.29 is 9.59 Å². The highest BCUT2D eigenvalue weighted by Gasteiger charge is 2.30. The molecule has 1 aromatic carbocycles. The number of hydrogen-bond acceptors (Lipinski definition) is 2. The first-order chi connectivity index (χ1) is 7.02. The van der Waals surface area contributed by atoms with Crippen LogP contribution in [-0.2, 0) is 4.79 Å². The van der Waals surface area contributed by atoms with Gasteiger partial charge in [-0.2, -0.15) is 0 Å². The van der Waals surface area contributed by atoms with Gasteiger partial charge in [-0.25, -0.2) is 0 Å². The first-order valence-electron chi connectivity index (χ1n) is 4.64. The zero-order chi connectivity index (χ0) is 11.2. The van der Waals surface area contributed by atoms with E-state index in [1.165, 1.54) is 4.90 Å². The summed E-state index contributed by atoms with van der Waals surface area (Å²) in [5.41, 5.74) is 2.27. The second kappa shape index (κ2) is 3.05. The molecule has 0 aliphatic carbocycles. The summed E-state index contributed by atoms with van der Waals surface area (Å²) in [5.74, 6) is -0.591. The number of carbonyl (C=O) groups excluding carboxylic acids is 2. The zero-order valence-electron chi connectivity index (χ0n) is 8.70. The number of anilines is 1. The van der Waals surface area contributed by atoms with E-state index in [-0.39, 0.29) is 17.3 Å². The zero-order valence-corrected chi connectivity index (χ0v) is 8.70. The van der Waals surface area contributed by atoms with Crippen LogP contribution < -0.4 is 4.90 Å². The molecule has 0 bridgehead atoms. The normalized spacial score (nSPS) is 15.6. The average Bonchev–Trinajstić information content (AvgIpc) is 2.23. The molecule has 0 atom stereocenters. The topological polar surface area (TPSA) is 37.4 Å². The van der Waals surface area contributed by atoms with Gasteiger partial charge in [-0.15, -0.1) is 0 Å². The molecule has 1 amide bonds. The SMILES string of the molecule is C=C1C(=O)c2ccc(C)cc2N(C)C1=O. The Hall–Kier alpha value is -1.90. The van der Waals surface area contributed by atoms with Gasteiger partial charge in [0, 0.05) is 12.6 Å². The lowest BCUT2D eigenvalue weighted by atomic mass is 9.95. The lowest BCUT2D eigenvalue weighted by Gasteiger charge is -2.26. The molecule has 0 unspecified atom stereocenters. The molecule has 0 radical (unpaired) electrons. The summed E-state index contributed by atoms with van der Waals surface area (Å²) >= 11 is 0. The van der Waals surface area contributed by atoms with Gasteiger partial charge >= 0.3 is 0 Å². The van der Waals surface area contributed by atoms with Gasteiger partial charge in [0.1, 0.15) is 0 Å². The van der Waals surface area contributed by atoms with Crippen LogP contribution in [0.25, 0.3) is 0 Å². The molecule has 1 aliphatic heterocycles. The van der Waals surface area contributed by atoms with E-state index in [1.54, 1.807) is 13.1 Å². The van der Waals surface area contributed by atoms with E-state index in [1.807, 2.05) is 19.1 Å². The third-order valence-electron chi connectivity index (χ3n) is 2.60. The van der Waals surface area contributed by atoms with Crippen molar-refractivity contribution in [1.82, 2.24) is 0 Å². The van der Waals surface area contributed by atoms with Crippen molar-refractivity contribution in [3.8, 4) is 0 Å². The van der Waals surface area contributed by atoms with E-state index in [0.29, 0.717) is 11.3 Å². The Balaban J connectivity index is 2.69. The third-order valence-corrected chi connectivity index (χ3v) is 2.60. The Morgan fingerprint density at radius 3 is 2.60 bits per heavy atom. The summed E-state index contributed by atoms with van der Waals surface area (Å²) in [6.07, 6.45) is 0. The van der Waals surface area contributed by atoms with Crippen LogP contribution in [-0.4, -0.2) is 18.7 Å². The molecule has 0 spiro atoms. The fraction of sp³-hybridized carbons (Fsp3) is 0.167. The maximum absolute atomic E-state index is 11.7. The molecule has 1 aliphatic rings. The Labute approximate surface area is 88.0 Å². The van der Waals surface area contributed by atoms with Gasteiger partial charge in [-0.3, -0.25) is 9.59 Å². The van der Waals surface area contributed by atoms with Crippen LogP contribution in [0.5, 0.6) is 0 Å². The number of hydrogen-bond donors (Lipinski definition) is 0. The van der Waals surface area contributed by atoms with E-state index in [4.69, 9.17) is 0 Å². The summed E-state index contributed by atoms with van der Waals surface area (Å²) in [5, 5.41) is 0. The van der Waals surface area contributed by atoms with Crippen molar-refractivity contribution in [2.24, 2.45) is 0 Å². The van der Waals surface area contributed by atoms with Crippen molar-refractivity contribution in [2.45, 2.75) is 6.92 Å². The fourth-order valence-corrected chi connectivity index (χ4v) is 1.68. The van der Waals surface area contributed by atoms with E-state index in [0.717, 1.165) is 5.56 Å². The molecule has 3 nitrogen and oxygen atoms in total. The highest BCUT2D eigenvalue weighted by Crippen LogP contribution is 2.29. The van der Waals surface area contributed by atoms with Gasteiger partial charge in [-0.1, -0.05) is 12.6 Å². The van der Waals surface area contributed by atoms with Crippen LogP contribution in [0.3, 0.4) is 0 Å². The lowest BCUT2D eigenvalue weighted by molar-refractivity contribution is -0.114. The van der Waals surface area contributed by atoms with E-state index in [2.05, 4.69) is 6.58 Å².